The first-order valence-corrected chi connectivity index (χ1v) is 11.2. The lowest BCUT2D eigenvalue weighted by molar-refractivity contribution is 0.331. The highest BCUT2D eigenvalue weighted by atomic mass is 16.5. The number of rotatable bonds is 6. The number of hydrogen-bond acceptors (Lipinski definition) is 6. The number of pyridine rings is 1. The largest absolute Gasteiger partial charge is 0.356 e. The van der Waals surface area contributed by atoms with Crippen molar-refractivity contribution in [1.29, 1.82) is 0 Å². The average Bonchev–Trinajstić information content (AvgIpc) is 3.19. The van der Waals surface area contributed by atoms with Crippen molar-refractivity contribution < 1.29 is 4.52 Å². The van der Waals surface area contributed by atoms with Crippen molar-refractivity contribution in [3.05, 3.63) is 35.7 Å². The Bertz CT molecular complexity index is 1000. The Morgan fingerprint density at radius 2 is 1.90 bits per heavy atom. The highest BCUT2D eigenvalue weighted by Gasteiger charge is 2.26. The second-order valence-corrected chi connectivity index (χ2v) is 8.85. The molecule has 0 bridgehead atoms. The molecule has 6 heteroatoms. The van der Waals surface area contributed by atoms with Gasteiger partial charge in [0, 0.05) is 30.6 Å². The van der Waals surface area contributed by atoms with Gasteiger partial charge in [0.05, 0.1) is 11.1 Å². The van der Waals surface area contributed by atoms with E-state index in [1.165, 1.54) is 5.56 Å². The van der Waals surface area contributed by atoms with E-state index in [4.69, 9.17) is 9.51 Å². The summed E-state index contributed by atoms with van der Waals surface area (Å²) in [6.45, 7) is 12.8. The van der Waals surface area contributed by atoms with Crippen LogP contribution in [0.2, 0.25) is 0 Å². The van der Waals surface area contributed by atoms with Crippen molar-refractivity contribution in [1.82, 2.24) is 20.4 Å². The number of nitrogens with zero attached hydrogens (tertiary/aromatic N) is 4. The van der Waals surface area contributed by atoms with Crippen LogP contribution in [0.3, 0.4) is 0 Å². The van der Waals surface area contributed by atoms with Gasteiger partial charge in [-0.25, -0.2) is 4.98 Å². The second kappa shape index (κ2) is 8.72. The summed E-state index contributed by atoms with van der Waals surface area (Å²) >= 11 is 0. The summed E-state index contributed by atoms with van der Waals surface area (Å²) in [5.41, 5.74) is 3.24. The van der Waals surface area contributed by atoms with Gasteiger partial charge < -0.3 is 14.7 Å². The van der Waals surface area contributed by atoms with Gasteiger partial charge in [-0.15, -0.1) is 0 Å². The molecule has 1 aliphatic heterocycles. The molecule has 0 spiro atoms. The molecule has 0 unspecified atom stereocenters. The Labute approximate surface area is 179 Å². The van der Waals surface area contributed by atoms with Crippen LogP contribution in [0.4, 0.5) is 5.82 Å². The maximum atomic E-state index is 5.55. The molecule has 1 N–H and O–H groups in total. The Balaban J connectivity index is 1.64. The van der Waals surface area contributed by atoms with E-state index in [-0.39, 0.29) is 0 Å². The summed E-state index contributed by atoms with van der Waals surface area (Å²) in [5.74, 6) is 2.78. The fourth-order valence-electron chi connectivity index (χ4n) is 4.06. The number of nitrogens with one attached hydrogen (secondary N) is 1. The van der Waals surface area contributed by atoms with E-state index in [1.807, 2.05) is 6.92 Å². The molecule has 1 aromatic carbocycles. The monoisotopic (exact) mass is 407 g/mol. The zero-order chi connectivity index (χ0) is 21.3. The van der Waals surface area contributed by atoms with Crippen molar-refractivity contribution in [2.24, 2.45) is 5.92 Å². The van der Waals surface area contributed by atoms with Gasteiger partial charge in [-0.3, -0.25) is 0 Å². The van der Waals surface area contributed by atoms with Gasteiger partial charge in [-0.05, 0) is 62.8 Å². The van der Waals surface area contributed by atoms with Crippen molar-refractivity contribution in [2.45, 2.75) is 66.0 Å². The van der Waals surface area contributed by atoms with E-state index in [0.29, 0.717) is 29.7 Å². The molecule has 1 saturated heterocycles. The predicted molar refractivity (Wildman–Crippen MR) is 122 cm³/mol. The van der Waals surface area contributed by atoms with Crippen LogP contribution in [-0.4, -0.2) is 40.3 Å². The summed E-state index contributed by atoms with van der Waals surface area (Å²) in [4.78, 5) is 11.9. The quantitative estimate of drug-likeness (QED) is 0.635. The molecule has 0 radical (unpaired) electrons. The highest BCUT2D eigenvalue weighted by molar-refractivity contribution is 5.88. The number of aryl methyl sites for hydroxylation is 2. The molecule has 4 rings (SSSR count). The van der Waals surface area contributed by atoms with E-state index in [9.17, 15) is 0 Å². The summed E-state index contributed by atoms with van der Waals surface area (Å²) in [6, 6.07) is 9.75. The first-order valence-electron chi connectivity index (χ1n) is 11.2. The highest BCUT2D eigenvalue weighted by Crippen LogP contribution is 2.33. The number of benzene rings is 1. The van der Waals surface area contributed by atoms with E-state index >= 15 is 0 Å². The molecule has 1 aliphatic rings. The average molecular weight is 408 g/mol. The lowest BCUT2D eigenvalue weighted by Crippen LogP contribution is -2.47. The summed E-state index contributed by atoms with van der Waals surface area (Å²) in [5, 5.41) is 8.92. The smallest absolute Gasteiger partial charge is 0.261 e. The van der Waals surface area contributed by atoms with E-state index in [2.05, 4.69) is 72.3 Å². The third-order valence-electron chi connectivity index (χ3n) is 6.32. The molecule has 0 saturated carbocycles. The summed E-state index contributed by atoms with van der Waals surface area (Å²) < 4.78 is 5.55. The standard InChI is InChI=1S/C24H33N5O/c1-6-18-7-8-22-19(13-18)14-21(24-26-17(5)28-30-24)23(27-22)29-11-9-20(10-12-29)25-16(4)15(2)3/h7-8,13-16,20,25H,6,9-12H2,1-5H3/t16-/m0/s1. The Morgan fingerprint density at radius 3 is 2.53 bits per heavy atom. The summed E-state index contributed by atoms with van der Waals surface area (Å²) in [6.07, 6.45) is 3.21. The first-order chi connectivity index (χ1) is 14.4. The molecule has 0 amide bonds. The van der Waals surface area contributed by atoms with E-state index < -0.39 is 0 Å². The zero-order valence-electron chi connectivity index (χ0n) is 18.8. The minimum absolute atomic E-state index is 0.532. The fourth-order valence-corrected chi connectivity index (χ4v) is 4.06. The summed E-state index contributed by atoms with van der Waals surface area (Å²) in [7, 11) is 0. The maximum Gasteiger partial charge on any atom is 0.261 e. The van der Waals surface area contributed by atoms with Gasteiger partial charge in [-0.1, -0.05) is 32.0 Å². The zero-order valence-corrected chi connectivity index (χ0v) is 18.8. The number of piperidine rings is 1. The van der Waals surface area contributed by atoms with Gasteiger partial charge >= 0.3 is 0 Å². The molecule has 2 aromatic heterocycles. The maximum absolute atomic E-state index is 5.55. The molecular weight excluding hydrogens is 374 g/mol. The fraction of sp³-hybridized carbons (Fsp3) is 0.542. The number of aromatic nitrogens is 3. The predicted octanol–water partition coefficient (Wildman–Crippen LogP) is 4.76. The molecular formula is C24H33N5O. The van der Waals surface area contributed by atoms with Crippen molar-refractivity contribution in [3.63, 3.8) is 0 Å². The topological polar surface area (TPSA) is 67.1 Å². The van der Waals surface area contributed by atoms with Crippen LogP contribution in [0.25, 0.3) is 22.4 Å². The molecule has 1 atom stereocenters. The third kappa shape index (κ3) is 4.33. The van der Waals surface area contributed by atoms with Crippen LogP contribution in [0.1, 0.15) is 51.9 Å². The minimum Gasteiger partial charge on any atom is -0.356 e. The molecule has 3 aromatic rings. The third-order valence-corrected chi connectivity index (χ3v) is 6.32. The van der Waals surface area contributed by atoms with Gasteiger partial charge in [0.1, 0.15) is 5.82 Å². The van der Waals surface area contributed by atoms with Crippen LogP contribution >= 0.6 is 0 Å². The second-order valence-electron chi connectivity index (χ2n) is 8.85. The van der Waals surface area contributed by atoms with Gasteiger partial charge in [-0.2, -0.15) is 4.98 Å². The van der Waals surface area contributed by atoms with Gasteiger partial charge in [0.25, 0.3) is 5.89 Å². The Morgan fingerprint density at radius 1 is 1.13 bits per heavy atom. The Kier molecular flexibility index (Phi) is 6.04. The lowest BCUT2D eigenvalue weighted by atomic mass is 9.99. The van der Waals surface area contributed by atoms with Gasteiger partial charge in [0.2, 0.25) is 0 Å². The SMILES string of the molecule is CCc1ccc2nc(N3CCC(N[C@@H](C)C(C)C)CC3)c(-c3nc(C)no3)cc2c1. The van der Waals surface area contributed by atoms with Crippen molar-refractivity contribution in [2.75, 3.05) is 18.0 Å². The van der Waals surface area contributed by atoms with Crippen LogP contribution in [0.5, 0.6) is 0 Å². The van der Waals surface area contributed by atoms with Gasteiger partial charge in [0.15, 0.2) is 5.82 Å². The molecule has 6 nitrogen and oxygen atoms in total. The van der Waals surface area contributed by atoms with Crippen LogP contribution in [-0.2, 0) is 6.42 Å². The normalized spacial score (nSPS) is 16.5. The number of anilines is 1. The number of fused-ring (bicyclic) bond motifs is 1. The van der Waals surface area contributed by atoms with Crippen molar-refractivity contribution in [3.8, 4) is 11.5 Å². The Hall–Kier alpha value is -2.47. The van der Waals surface area contributed by atoms with Crippen molar-refractivity contribution >= 4 is 16.7 Å². The van der Waals surface area contributed by atoms with Crippen LogP contribution in [0, 0.1) is 12.8 Å². The molecule has 30 heavy (non-hydrogen) atoms. The van der Waals surface area contributed by atoms with Crippen LogP contribution in [0.15, 0.2) is 28.8 Å². The van der Waals surface area contributed by atoms with Crippen LogP contribution < -0.4 is 10.2 Å². The minimum atomic E-state index is 0.532. The molecule has 1 fully saturated rings. The molecule has 0 aliphatic carbocycles. The van der Waals surface area contributed by atoms with E-state index in [1.54, 1.807) is 0 Å². The molecule has 3 heterocycles. The lowest BCUT2D eigenvalue weighted by Gasteiger charge is -2.36. The first kappa shape index (κ1) is 20.8. The number of hydrogen-bond donors (Lipinski definition) is 1. The van der Waals surface area contributed by atoms with E-state index in [0.717, 1.165) is 54.6 Å². The molecule has 160 valence electrons.